The molecular weight excluding hydrogens is 311 g/mol. The molecule has 0 amide bonds. The van der Waals surface area contributed by atoms with Crippen molar-refractivity contribution in [2.75, 3.05) is 30.9 Å². The monoisotopic (exact) mass is 326 g/mol. The highest BCUT2D eigenvalue weighted by Crippen LogP contribution is 2.24. The van der Waals surface area contributed by atoms with E-state index < -0.39 is 0 Å². The first-order valence-corrected chi connectivity index (χ1v) is 7.14. The number of nitrogens with one attached hydrogen (secondary N) is 2. The van der Waals surface area contributed by atoms with E-state index in [4.69, 9.17) is 27.9 Å². The predicted octanol–water partition coefficient (Wildman–Crippen LogP) is 3.89. The number of hydrogen-bond acceptors (Lipinski definition) is 5. The molecule has 0 saturated carbocycles. The summed E-state index contributed by atoms with van der Waals surface area (Å²) in [4.78, 5) is 8.72. The fourth-order valence-electron chi connectivity index (χ4n) is 1.75. The Morgan fingerprint density at radius 1 is 1.10 bits per heavy atom. The second kappa shape index (κ2) is 7.45. The van der Waals surface area contributed by atoms with E-state index in [-0.39, 0.29) is 0 Å². The Morgan fingerprint density at radius 3 is 2.48 bits per heavy atom. The van der Waals surface area contributed by atoms with Crippen molar-refractivity contribution in [1.29, 1.82) is 0 Å². The van der Waals surface area contributed by atoms with Gasteiger partial charge in [0.25, 0.3) is 0 Å². The Balaban J connectivity index is 2.15. The number of aryl methyl sites for hydroxylation is 1. The van der Waals surface area contributed by atoms with Gasteiger partial charge in [-0.1, -0.05) is 23.2 Å². The Hall–Kier alpha value is -1.56. The average Bonchev–Trinajstić information content (AvgIpc) is 2.37. The van der Waals surface area contributed by atoms with Crippen molar-refractivity contribution in [1.82, 2.24) is 9.97 Å². The zero-order valence-electron chi connectivity index (χ0n) is 11.8. The maximum atomic E-state index is 5.97. The maximum absolute atomic E-state index is 5.97. The van der Waals surface area contributed by atoms with Crippen LogP contribution >= 0.6 is 23.2 Å². The number of benzene rings is 1. The first-order chi connectivity index (χ1) is 10.1. The van der Waals surface area contributed by atoms with Gasteiger partial charge in [-0.15, -0.1) is 0 Å². The molecule has 0 fully saturated rings. The molecular formula is C14H16Cl2N4O. The maximum Gasteiger partial charge on any atom is 0.229 e. The Bertz CT molecular complexity index is 602. The van der Waals surface area contributed by atoms with Crippen LogP contribution in [0.1, 0.15) is 5.69 Å². The number of methoxy groups -OCH3 is 1. The molecule has 0 aliphatic rings. The van der Waals surface area contributed by atoms with Crippen LogP contribution in [0.2, 0.25) is 10.0 Å². The summed E-state index contributed by atoms with van der Waals surface area (Å²) in [5.74, 6) is 1.21. The van der Waals surface area contributed by atoms with Crippen molar-refractivity contribution in [2.45, 2.75) is 6.92 Å². The number of nitrogens with zero attached hydrogens (tertiary/aromatic N) is 2. The van der Waals surface area contributed by atoms with E-state index in [0.717, 1.165) is 17.2 Å². The highest BCUT2D eigenvalue weighted by atomic mass is 35.5. The van der Waals surface area contributed by atoms with Gasteiger partial charge in [0.1, 0.15) is 5.82 Å². The fourth-order valence-corrected chi connectivity index (χ4v) is 2.28. The van der Waals surface area contributed by atoms with Crippen molar-refractivity contribution in [3.05, 3.63) is 40.0 Å². The minimum Gasteiger partial charge on any atom is -0.383 e. The van der Waals surface area contributed by atoms with Crippen LogP contribution < -0.4 is 10.6 Å². The van der Waals surface area contributed by atoms with Crippen LogP contribution in [0.5, 0.6) is 0 Å². The number of ether oxygens (including phenoxy) is 1. The minimum atomic E-state index is 0.480. The molecule has 0 unspecified atom stereocenters. The van der Waals surface area contributed by atoms with E-state index in [1.54, 1.807) is 25.3 Å². The molecule has 1 aromatic heterocycles. The van der Waals surface area contributed by atoms with E-state index in [1.807, 2.05) is 13.0 Å². The molecule has 1 aromatic carbocycles. The molecule has 7 heteroatoms. The van der Waals surface area contributed by atoms with Gasteiger partial charge in [0.05, 0.1) is 6.61 Å². The molecule has 0 bridgehead atoms. The molecule has 0 radical (unpaired) electrons. The van der Waals surface area contributed by atoms with Gasteiger partial charge < -0.3 is 15.4 Å². The van der Waals surface area contributed by atoms with Crippen molar-refractivity contribution in [3.8, 4) is 0 Å². The van der Waals surface area contributed by atoms with Crippen molar-refractivity contribution >= 4 is 40.7 Å². The Labute approximate surface area is 133 Å². The van der Waals surface area contributed by atoms with Crippen LogP contribution in [-0.2, 0) is 4.74 Å². The van der Waals surface area contributed by atoms with E-state index in [1.165, 1.54) is 0 Å². The van der Waals surface area contributed by atoms with Gasteiger partial charge in [-0.25, -0.2) is 4.98 Å². The van der Waals surface area contributed by atoms with Gasteiger partial charge in [-0.3, -0.25) is 0 Å². The third-order valence-corrected chi connectivity index (χ3v) is 3.02. The quantitative estimate of drug-likeness (QED) is 0.788. The zero-order valence-corrected chi connectivity index (χ0v) is 13.3. The largest absolute Gasteiger partial charge is 0.383 e. The van der Waals surface area contributed by atoms with Gasteiger partial charge in [-0.05, 0) is 25.1 Å². The second-order valence-corrected chi connectivity index (χ2v) is 5.29. The molecule has 5 nitrogen and oxygen atoms in total. The Kier molecular flexibility index (Phi) is 5.61. The van der Waals surface area contributed by atoms with Gasteiger partial charge in [-0.2, -0.15) is 4.98 Å². The van der Waals surface area contributed by atoms with Crippen LogP contribution in [-0.4, -0.2) is 30.2 Å². The predicted molar refractivity (Wildman–Crippen MR) is 86.9 cm³/mol. The first kappa shape index (κ1) is 15.8. The van der Waals surface area contributed by atoms with Gasteiger partial charge in [0.2, 0.25) is 5.95 Å². The average molecular weight is 327 g/mol. The van der Waals surface area contributed by atoms with Crippen molar-refractivity contribution in [2.24, 2.45) is 0 Å². The van der Waals surface area contributed by atoms with Gasteiger partial charge in [0, 0.05) is 41.1 Å². The number of halogens is 2. The van der Waals surface area contributed by atoms with E-state index in [0.29, 0.717) is 29.1 Å². The van der Waals surface area contributed by atoms with E-state index >= 15 is 0 Å². The van der Waals surface area contributed by atoms with Gasteiger partial charge >= 0.3 is 0 Å². The second-order valence-electron chi connectivity index (χ2n) is 4.42. The normalized spacial score (nSPS) is 10.5. The fraction of sp³-hybridized carbons (Fsp3) is 0.286. The molecule has 1 heterocycles. The third kappa shape index (κ3) is 5.04. The molecule has 2 rings (SSSR count). The number of hydrogen-bond donors (Lipinski definition) is 2. The van der Waals surface area contributed by atoms with Crippen LogP contribution in [0.3, 0.4) is 0 Å². The van der Waals surface area contributed by atoms with Crippen LogP contribution in [0.25, 0.3) is 0 Å². The summed E-state index contributed by atoms with van der Waals surface area (Å²) in [5.41, 5.74) is 1.58. The summed E-state index contributed by atoms with van der Waals surface area (Å²) in [7, 11) is 1.66. The molecule has 0 aliphatic carbocycles. The standard InChI is InChI=1S/C14H16Cl2N4O/c1-9-5-13(17-3-4-21-2)20-14(18-9)19-12-7-10(15)6-11(16)8-12/h5-8H,3-4H2,1-2H3,(H2,17,18,19,20). The van der Waals surface area contributed by atoms with E-state index in [9.17, 15) is 0 Å². The summed E-state index contributed by atoms with van der Waals surface area (Å²) < 4.78 is 5.00. The Morgan fingerprint density at radius 2 is 1.81 bits per heavy atom. The van der Waals surface area contributed by atoms with E-state index in [2.05, 4.69) is 20.6 Å². The van der Waals surface area contributed by atoms with Crippen molar-refractivity contribution in [3.63, 3.8) is 0 Å². The number of aromatic nitrogens is 2. The highest BCUT2D eigenvalue weighted by molar-refractivity contribution is 6.35. The lowest BCUT2D eigenvalue weighted by atomic mass is 10.3. The molecule has 0 aliphatic heterocycles. The van der Waals surface area contributed by atoms with Crippen LogP contribution in [0, 0.1) is 6.92 Å². The first-order valence-electron chi connectivity index (χ1n) is 6.38. The lowest BCUT2D eigenvalue weighted by Crippen LogP contribution is -2.10. The minimum absolute atomic E-state index is 0.480. The summed E-state index contributed by atoms with van der Waals surface area (Å²) in [5, 5.41) is 7.37. The molecule has 21 heavy (non-hydrogen) atoms. The summed E-state index contributed by atoms with van der Waals surface area (Å²) >= 11 is 11.9. The van der Waals surface area contributed by atoms with Crippen LogP contribution in [0.15, 0.2) is 24.3 Å². The topological polar surface area (TPSA) is 59.1 Å². The van der Waals surface area contributed by atoms with Crippen molar-refractivity contribution < 1.29 is 4.74 Å². The van der Waals surface area contributed by atoms with Gasteiger partial charge in [0.15, 0.2) is 0 Å². The lowest BCUT2D eigenvalue weighted by Gasteiger charge is -2.10. The molecule has 2 aromatic rings. The summed E-state index contributed by atoms with van der Waals surface area (Å²) in [6.45, 7) is 3.18. The molecule has 112 valence electrons. The number of anilines is 3. The zero-order chi connectivity index (χ0) is 15.2. The molecule has 0 saturated heterocycles. The van der Waals surface area contributed by atoms with Crippen LogP contribution in [0.4, 0.5) is 17.5 Å². The highest BCUT2D eigenvalue weighted by Gasteiger charge is 2.04. The summed E-state index contributed by atoms with van der Waals surface area (Å²) in [6.07, 6.45) is 0. The smallest absolute Gasteiger partial charge is 0.229 e. The molecule has 2 N–H and O–H groups in total. The third-order valence-electron chi connectivity index (χ3n) is 2.59. The summed E-state index contributed by atoms with van der Waals surface area (Å²) in [6, 6.07) is 7.06. The molecule has 0 atom stereocenters. The molecule has 0 spiro atoms. The SMILES string of the molecule is COCCNc1cc(C)nc(Nc2cc(Cl)cc(Cl)c2)n1. The number of rotatable bonds is 6. The lowest BCUT2D eigenvalue weighted by molar-refractivity contribution is 0.210.